The van der Waals surface area contributed by atoms with E-state index in [1.165, 1.54) is 24.4 Å². The van der Waals surface area contributed by atoms with Crippen LogP contribution in [0.15, 0.2) is 85.6 Å². The van der Waals surface area contributed by atoms with Crippen LogP contribution in [0, 0.1) is 0 Å². The Hall–Kier alpha value is -5.69. The second kappa shape index (κ2) is 25.4. The van der Waals surface area contributed by atoms with Crippen molar-refractivity contribution in [3.8, 4) is 5.88 Å². The average molecular weight is 867 g/mol. The Morgan fingerprint density at radius 1 is 0.746 bits per heavy atom. The Kier molecular flexibility index (Phi) is 18.9. The van der Waals surface area contributed by atoms with Gasteiger partial charge in [-0.1, -0.05) is 36.4 Å². The number of nitrogens with zero attached hydrogens (tertiary/aromatic N) is 7. The number of benzene rings is 2. The smallest absolute Gasteiger partial charge is 0.256 e. The molecule has 2 aliphatic rings. The van der Waals surface area contributed by atoms with Crippen LogP contribution < -0.4 is 25.6 Å². The molecule has 17 heteroatoms. The Morgan fingerprint density at radius 3 is 2.13 bits per heavy atom. The number of anilines is 5. The van der Waals surface area contributed by atoms with Gasteiger partial charge in [-0.15, -0.1) is 6.58 Å². The van der Waals surface area contributed by atoms with E-state index in [1.54, 1.807) is 31.4 Å². The predicted octanol–water partition coefficient (Wildman–Crippen LogP) is 4.34. The van der Waals surface area contributed by atoms with E-state index < -0.39 is 0 Å². The number of amides is 2. The molecule has 0 atom stereocenters. The molecule has 2 fully saturated rings. The molecule has 0 saturated carbocycles. The zero-order valence-corrected chi connectivity index (χ0v) is 36.6. The first-order valence-electron chi connectivity index (χ1n) is 21.6. The van der Waals surface area contributed by atoms with Gasteiger partial charge in [-0.2, -0.15) is 9.97 Å². The van der Waals surface area contributed by atoms with Gasteiger partial charge in [0.1, 0.15) is 17.2 Å². The number of hydrogen-bond donors (Lipinski definition) is 3. The molecule has 338 valence electrons. The molecule has 4 aromatic rings. The normalized spacial score (nSPS) is 14.6. The van der Waals surface area contributed by atoms with Crippen LogP contribution in [0.2, 0.25) is 0 Å². The van der Waals surface area contributed by atoms with E-state index in [1.807, 2.05) is 29.2 Å². The van der Waals surface area contributed by atoms with Gasteiger partial charge in [0.15, 0.2) is 0 Å². The summed E-state index contributed by atoms with van der Waals surface area (Å²) in [6.07, 6.45) is 3.40. The molecule has 17 nitrogen and oxygen atoms in total. The minimum atomic E-state index is -0.352. The van der Waals surface area contributed by atoms with Crippen molar-refractivity contribution in [2.24, 2.45) is 0 Å². The van der Waals surface area contributed by atoms with Crippen molar-refractivity contribution in [1.29, 1.82) is 0 Å². The van der Waals surface area contributed by atoms with Gasteiger partial charge in [-0.25, -0.2) is 4.98 Å². The lowest BCUT2D eigenvalue weighted by molar-refractivity contribution is -0.132. The summed E-state index contributed by atoms with van der Waals surface area (Å²) < 4.78 is 27.6. The van der Waals surface area contributed by atoms with Crippen molar-refractivity contribution in [2.75, 3.05) is 135 Å². The number of aromatic nitrogens is 3. The Balaban J connectivity index is 0.805. The highest BCUT2D eigenvalue weighted by atomic mass is 16.5. The number of carbonyl (C=O) groups is 2. The molecule has 2 saturated heterocycles. The van der Waals surface area contributed by atoms with Crippen molar-refractivity contribution in [2.45, 2.75) is 19.6 Å². The molecule has 0 aliphatic carbocycles. The molecular weight excluding hydrogens is 805 g/mol. The van der Waals surface area contributed by atoms with Gasteiger partial charge in [0.2, 0.25) is 17.7 Å². The second-order valence-corrected chi connectivity index (χ2v) is 15.1. The van der Waals surface area contributed by atoms with Gasteiger partial charge in [0.25, 0.3) is 5.91 Å². The van der Waals surface area contributed by atoms with Crippen molar-refractivity contribution < 1.29 is 33.3 Å². The molecule has 2 aromatic heterocycles. The lowest BCUT2D eigenvalue weighted by atomic mass is 10.1. The summed E-state index contributed by atoms with van der Waals surface area (Å²) in [5, 5.41) is 9.10. The first-order valence-corrected chi connectivity index (χ1v) is 21.6. The van der Waals surface area contributed by atoms with Gasteiger partial charge in [-0.3, -0.25) is 19.4 Å². The van der Waals surface area contributed by atoms with Crippen molar-refractivity contribution in [3.05, 3.63) is 102 Å². The van der Waals surface area contributed by atoms with Gasteiger partial charge in [0.05, 0.1) is 59.8 Å². The van der Waals surface area contributed by atoms with Gasteiger partial charge < -0.3 is 49.4 Å². The van der Waals surface area contributed by atoms with Crippen molar-refractivity contribution in [1.82, 2.24) is 35.0 Å². The van der Waals surface area contributed by atoms with E-state index in [9.17, 15) is 9.59 Å². The lowest BCUT2D eigenvalue weighted by Crippen LogP contribution is -2.49. The van der Waals surface area contributed by atoms with Crippen LogP contribution in [-0.2, 0) is 36.9 Å². The number of nitrogens with one attached hydrogen (secondary N) is 3. The van der Waals surface area contributed by atoms with Crippen LogP contribution in [0.25, 0.3) is 0 Å². The van der Waals surface area contributed by atoms with E-state index in [-0.39, 0.29) is 23.2 Å². The van der Waals surface area contributed by atoms with Crippen LogP contribution in [0.4, 0.5) is 29.0 Å². The fraction of sp³-hybridized carbons (Fsp3) is 0.457. The van der Waals surface area contributed by atoms with E-state index >= 15 is 0 Å². The molecule has 63 heavy (non-hydrogen) atoms. The molecule has 0 spiro atoms. The fourth-order valence-electron chi connectivity index (χ4n) is 7.17. The monoisotopic (exact) mass is 866 g/mol. The van der Waals surface area contributed by atoms with Crippen LogP contribution in [0.3, 0.4) is 0 Å². The van der Waals surface area contributed by atoms with Crippen LogP contribution in [-0.4, -0.2) is 161 Å². The molecule has 2 amide bonds. The standard InChI is InChI=1S/C46H62N10O7/c1-4-17-47-45(58)40-33-48-46(52-44(40)51-41-6-5-7-42(50-41)60-3)49-38-12-14-39(15-13-38)55-22-24-56(25-23-55)43(57)16-27-61-29-31-63-32-30-62-28-26-53-18-20-54(21-19-53)34-36-8-10-37(11-9-36)35-59-2/h4-15,33H,1,16-32,34-35H2,2-3H3,(H,47,58)(H2,48,49,50,51,52). The van der Waals surface area contributed by atoms with E-state index in [4.69, 9.17) is 23.7 Å². The van der Waals surface area contributed by atoms with Gasteiger partial charge >= 0.3 is 0 Å². The average Bonchev–Trinajstić information content (AvgIpc) is 3.31. The number of carbonyl (C=O) groups excluding carboxylic acids is 2. The van der Waals surface area contributed by atoms with Gasteiger partial charge in [-0.05, 0) is 41.5 Å². The van der Waals surface area contributed by atoms with Crippen LogP contribution in [0.1, 0.15) is 27.9 Å². The topological polar surface area (TPSA) is 168 Å². The summed E-state index contributed by atoms with van der Waals surface area (Å²) in [5.41, 5.74) is 4.61. The van der Waals surface area contributed by atoms with Crippen molar-refractivity contribution in [3.63, 3.8) is 0 Å². The Morgan fingerprint density at radius 2 is 1.43 bits per heavy atom. The highest BCUT2D eigenvalue weighted by molar-refractivity contribution is 5.99. The van der Waals surface area contributed by atoms with Gasteiger partial charge in [0, 0.05) is 103 Å². The molecule has 0 radical (unpaired) electrons. The largest absolute Gasteiger partial charge is 0.481 e. The van der Waals surface area contributed by atoms with Crippen LogP contribution in [0.5, 0.6) is 5.88 Å². The molecule has 4 heterocycles. The summed E-state index contributed by atoms with van der Waals surface area (Å²) in [5.74, 6) is 1.20. The fourth-order valence-corrected chi connectivity index (χ4v) is 7.17. The molecule has 0 unspecified atom stereocenters. The summed E-state index contributed by atoms with van der Waals surface area (Å²) in [6.45, 7) is 16.5. The number of pyridine rings is 1. The predicted molar refractivity (Wildman–Crippen MR) is 243 cm³/mol. The van der Waals surface area contributed by atoms with Crippen molar-refractivity contribution >= 4 is 40.8 Å². The molecule has 6 rings (SSSR count). The Bertz CT molecular complexity index is 2010. The van der Waals surface area contributed by atoms with E-state index in [0.717, 1.165) is 63.7 Å². The number of rotatable bonds is 25. The number of hydrogen-bond acceptors (Lipinski definition) is 15. The third-order valence-corrected chi connectivity index (χ3v) is 10.7. The number of ether oxygens (including phenoxy) is 5. The summed E-state index contributed by atoms with van der Waals surface area (Å²) in [7, 11) is 3.26. The minimum Gasteiger partial charge on any atom is -0.481 e. The lowest BCUT2D eigenvalue weighted by Gasteiger charge is -2.36. The molecule has 2 aliphatic heterocycles. The quantitative estimate of drug-likeness (QED) is 0.0636. The SMILES string of the molecule is C=CCNC(=O)c1cnc(Nc2ccc(N3CCN(C(=O)CCOCCOCCOCCN4CCN(Cc5ccc(COC)cc5)CC4)CC3)cc2)nc1Nc1cccc(OC)n1. The maximum absolute atomic E-state index is 12.9. The highest BCUT2D eigenvalue weighted by Crippen LogP contribution is 2.24. The molecule has 0 bridgehead atoms. The molecule has 3 N–H and O–H groups in total. The first kappa shape index (κ1) is 46.8. The Labute approximate surface area is 370 Å². The highest BCUT2D eigenvalue weighted by Gasteiger charge is 2.22. The third-order valence-electron chi connectivity index (χ3n) is 10.7. The summed E-state index contributed by atoms with van der Waals surface area (Å²) in [4.78, 5) is 48.2. The second-order valence-electron chi connectivity index (χ2n) is 15.1. The zero-order valence-electron chi connectivity index (χ0n) is 36.6. The van der Waals surface area contributed by atoms with E-state index in [2.05, 4.69) is 76.4 Å². The van der Waals surface area contributed by atoms with E-state index in [0.29, 0.717) is 89.9 Å². The summed E-state index contributed by atoms with van der Waals surface area (Å²) >= 11 is 0. The number of piperazine rings is 2. The molecular formula is C46H62N10O7. The molecule has 2 aromatic carbocycles. The third kappa shape index (κ3) is 15.3. The minimum absolute atomic E-state index is 0.0955. The maximum atomic E-state index is 12.9. The zero-order chi connectivity index (χ0) is 44.1. The summed E-state index contributed by atoms with van der Waals surface area (Å²) in [6, 6.07) is 21.9. The first-order chi connectivity index (χ1) is 30.9. The number of methoxy groups -OCH3 is 2. The van der Waals surface area contributed by atoms with Crippen LogP contribution >= 0.6 is 0 Å². The maximum Gasteiger partial charge on any atom is 0.256 e.